The number of aliphatic hydroxyl groups excluding tert-OH is 1. The van der Waals surface area contributed by atoms with Gasteiger partial charge in [0.1, 0.15) is 5.76 Å². The Kier molecular flexibility index (Phi) is 4.42. The number of carbonyl (C=O) groups excluding carboxylic acids is 1. The lowest BCUT2D eigenvalue weighted by Gasteiger charge is -2.56. The summed E-state index contributed by atoms with van der Waals surface area (Å²) in [4.78, 5) is 12.5. The molecule has 4 nitrogen and oxygen atoms in total. The molecule has 24 heavy (non-hydrogen) atoms. The van der Waals surface area contributed by atoms with Gasteiger partial charge in [0.25, 0.3) is 0 Å². The van der Waals surface area contributed by atoms with Crippen LogP contribution in [-0.2, 0) is 11.2 Å². The average Bonchev–Trinajstić information content (AvgIpc) is 3.02. The molecule has 1 unspecified atom stereocenters. The Bertz CT molecular complexity index is 530. The maximum atomic E-state index is 12.5. The second-order valence-electron chi connectivity index (χ2n) is 8.73. The fourth-order valence-corrected chi connectivity index (χ4v) is 6.08. The van der Waals surface area contributed by atoms with Crippen molar-refractivity contribution < 1.29 is 14.3 Å². The number of nitrogens with one attached hydrogen (secondary N) is 1. The van der Waals surface area contributed by atoms with Gasteiger partial charge in [-0.25, -0.2) is 0 Å². The number of amides is 1. The van der Waals surface area contributed by atoms with Crippen LogP contribution < -0.4 is 5.32 Å². The van der Waals surface area contributed by atoms with Gasteiger partial charge in [0.05, 0.1) is 6.26 Å². The van der Waals surface area contributed by atoms with Crippen molar-refractivity contribution in [1.82, 2.24) is 5.32 Å². The van der Waals surface area contributed by atoms with Crippen LogP contribution in [0.5, 0.6) is 0 Å². The van der Waals surface area contributed by atoms with Crippen LogP contribution in [0.25, 0.3) is 0 Å². The Morgan fingerprint density at radius 3 is 2.46 bits per heavy atom. The van der Waals surface area contributed by atoms with E-state index in [2.05, 4.69) is 5.32 Å². The molecule has 1 atom stereocenters. The summed E-state index contributed by atoms with van der Waals surface area (Å²) in [6.45, 7) is 0.598. The number of carbonyl (C=O) groups is 1. The Morgan fingerprint density at radius 1 is 1.25 bits per heavy atom. The highest BCUT2D eigenvalue weighted by atomic mass is 16.3. The summed E-state index contributed by atoms with van der Waals surface area (Å²) in [6, 6.07) is 3.77. The Balaban J connectivity index is 1.29. The first-order valence-electron chi connectivity index (χ1n) is 9.54. The highest BCUT2D eigenvalue weighted by molar-refractivity contribution is 5.76. The summed E-state index contributed by atoms with van der Waals surface area (Å²) >= 11 is 0. The summed E-state index contributed by atoms with van der Waals surface area (Å²) in [5.74, 6) is 3.71. The van der Waals surface area contributed by atoms with Crippen LogP contribution >= 0.6 is 0 Å². The Hall–Kier alpha value is -1.29. The molecule has 0 saturated heterocycles. The standard InChI is InChI=1S/C20H29NO3/c22-13-17(7-18-2-1-3-24-18)12-21-19(23)11-20-8-14-4-15(9-20)6-16(5-14)10-20/h1-3,14-17,22H,4-13H2,(H,21,23). The molecule has 4 fully saturated rings. The molecular formula is C20H29NO3. The van der Waals surface area contributed by atoms with E-state index < -0.39 is 0 Å². The number of hydrogen-bond acceptors (Lipinski definition) is 3. The van der Waals surface area contributed by atoms with E-state index in [9.17, 15) is 9.90 Å². The monoisotopic (exact) mass is 331 g/mol. The second kappa shape index (κ2) is 6.55. The summed E-state index contributed by atoms with van der Waals surface area (Å²) in [5.41, 5.74) is 0.286. The quantitative estimate of drug-likeness (QED) is 0.807. The Morgan fingerprint density at radius 2 is 1.92 bits per heavy atom. The summed E-state index contributed by atoms with van der Waals surface area (Å²) < 4.78 is 5.34. The molecule has 132 valence electrons. The molecule has 1 heterocycles. The van der Waals surface area contributed by atoms with Crippen molar-refractivity contribution >= 4 is 5.91 Å². The normalized spacial score (nSPS) is 35.1. The summed E-state index contributed by atoms with van der Waals surface area (Å²) in [5, 5.41) is 12.6. The number of hydrogen-bond donors (Lipinski definition) is 2. The van der Waals surface area contributed by atoms with Crippen LogP contribution in [-0.4, -0.2) is 24.2 Å². The van der Waals surface area contributed by atoms with Crippen molar-refractivity contribution in [2.75, 3.05) is 13.2 Å². The maximum absolute atomic E-state index is 12.5. The maximum Gasteiger partial charge on any atom is 0.220 e. The lowest BCUT2D eigenvalue weighted by Crippen LogP contribution is -2.48. The molecule has 4 heteroatoms. The first-order chi connectivity index (χ1) is 11.6. The van der Waals surface area contributed by atoms with Gasteiger partial charge in [0, 0.05) is 31.9 Å². The number of rotatable bonds is 7. The van der Waals surface area contributed by atoms with Gasteiger partial charge in [-0.3, -0.25) is 4.79 Å². The molecular weight excluding hydrogens is 302 g/mol. The van der Waals surface area contributed by atoms with E-state index in [0.717, 1.165) is 23.5 Å². The molecule has 4 saturated carbocycles. The third-order valence-corrected chi connectivity index (χ3v) is 6.62. The number of furan rings is 1. The van der Waals surface area contributed by atoms with Gasteiger partial charge in [0.15, 0.2) is 0 Å². The molecule has 1 amide bonds. The van der Waals surface area contributed by atoms with E-state index in [0.29, 0.717) is 19.4 Å². The van der Waals surface area contributed by atoms with Gasteiger partial charge in [-0.1, -0.05) is 0 Å². The molecule has 0 spiro atoms. The van der Waals surface area contributed by atoms with Crippen LogP contribution in [0.1, 0.15) is 50.7 Å². The van der Waals surface area contributed by atoms with Crippen molar-refractivity contribution in [3.63, 3.8) is 0 Å². The largest absolute Gasteiger partial charge is 0.469 e. The smallest absolute Gasteiger partial charge is 0.220 e. The molecule has 1 aromatic heterocycles. The molecule has 4 aliphatic carbocycles. The van der Waals surface area contributed by atoms with Crippen LogP contribution in [0.15, 0.2) is 22.8 Å². The predicted octanol–water partition coefficient (Wildman–Crippen LogP) is 3.15. The Labute approximate surface area is 144 Å². The fourth-order valence-electron chi connectivity index (χ4n) is 6.08. The van der Waals surface area contributed by atoms with Crippen LogP contribution in [0.2, 0.25) is 0 Å². The summed E-state index contributed by atoms with van der Waals surface area (Å²) in [6.07, 6.45) is 11.0. The van der Waals surface area contributed by atoms with Gasteiger partial charge in [-0.2, -0.15) is 0 Å². The third-order valence-electron chi connectivity index (χ3n) is 6.62. The molecule has 4 bridgehead atoms. The first-order valence-corrected chi connectivity index (χ1v) is 9.54. The molecule has 1 aromatic rings. The average molecular weight is 331 g/mol. The van der Waals surface area contributed by atoms with Crippen molar-refractivity contribution in [3.8, 4) is 0 Å². The summed E-state index contributed by atoms with van der Waals surface area (Å²) in [7, 11) is 0. The van der Waals surface area contributed by atoms with E-state index in [1.165, 1.54) is 38.5 Å². The highest BCUT2D eigenvalue weighted by Gasteiger charge is 2.51. The van der Waals surface area contributed by atoms with Crippen LogP contribution in [0.3, 0.4) is 0 Å². The topological polar surface area (TPSA) is 62.5 Å². The minimum Gasteiger partial charge on any atom is -0.469 e. The lowest BCUT2D eigenvalue weighted by atomic mass is 9.49. The molecule has 0 radical (unpaired) electrons. The van der Waals surface area contributed by atoms with E-state index >= 15 is 0 Å². The molecule has 0 aliphatic heterocycles. The van der Waals surface area contributed by atoms with Gasteiger partial charge in [-0.05, 0) is 73.8 Å². The zero-order valence-electron chi connectivity index (χ0n) is 14.4. The van der Waals surface area contributed by atoms with E-state index in [1.54, 1.807) is 6.26 Å². The van der Waals surface area contributed by atoms with Gasteiger partial charge in [0.2, 0.25) is 5.91 Å². The van der Waals surface area contributed by atoms with Gasteiger partial charge < -0.3 is 14.8 Å². The van der Waals surface area contributed by atoms with Crippen LogP contribution in [0, 0.1) is 29.1 Å². The van der Waals surface area contributed by atoms with Gasteiger partial charge in [-0.15, -0.1) is 0 Å². The van der Waals surface area contributed by atoms with Crippen LogP contribution in [0.4, 0.5) is 0 Å². The lowest BCUT2D eigenvalue weighted by molar-refractivity contribution is -0.129. The molecule has 0 aromatic carbocycles. The van der Waals surface area contributed by atoms with Gasteiger partial charge >= 0.3 is 0 Å². The minimum atomic E-state index is 0.0245. The van der Waals surface area contributed by atoms with E-state index in [-0.39, 0.29) is 23.8 Å². The predicted molar refractivity (Wildman–Crippen MR) is 91.2 cm³/mol. The molecule has 4 aliphatic rings. The molecule has 2 N–H and O–H groups in total. The van der Waals surface area contributed by atoms with Crippen molar-refractivity contribution in [3.05, 3.63) is 24.2 Å². The van der Waals surface area contributed by atoms with Crippen molar-refractivity contribution in [2.45, 2.75) is 51.4 Å². The minimum absolute atomic E-state index is 0.0245. The third kappa shape index (κ3) is 3.39. The van der Waals surface area contributed by atoms with Crippen molar-refractivity contribution in [1.29, 1.82) is 0 Å². The van der Waals surface area contributed by atoms with E-state index in [4.69, 9.17) is 4.42 Å². The first kappa shape index (κ1) is 16.2. The molecule has 5 rings (SSSR count). The zero-order chi connectivity index (χ0) is 16.6. The zero-order valence-corrected chi connectivity index (χ0v) is 14.4. The second-order valence-corrected chi connectivity index (χ2v) is 8.73. The fraction of sp³-hybridized carbons (Fsp3) is 0.750. The SMILES string of the molecule is O=C(CC12CC3CC(CC(C3)C1)C2)NCC(CO)Cc1ccco1. The highest BCUT2D eigenvalue weighted by Crippen LogP contribution is 2.61. The van der Waals surface area contributed by atoms with E-state index in [1.807, 2.05) is 12.1 Å². The van der Waals surface area contributed by atoms with Crippen molar-refractivity contribution in [2.24, 2.45) is 29.1 Å². The number of aliphatic hydroxyl groups is 1.